The highest BCUT2D eigenvalue weighted by molar-refractivity contribution is 5.82. The van der Waals surface area contributed by atoms with Gasteiger partial charge in [0.05, 0.1) is 11.9 Å². The molecule has 88 valence electrons. The van der Waals surface area contributed by atoms with Gasteiger partial charge in [0, 0.05) is 17.1 Å². The third-order valence-corrected chi connectivity index (χ3v) is 2.38. The fourth-order valence-corrected chi connectivity index (χ4v) is 1.63. The molecular formula is C11H10N2O4. The van der Waals surface area contributed by atoms with E-state index >= 15 is 0 Å². The number of carboxylic acids is 1. The summed E-state index contributed by atoms with van der Waals surface area (Å²) in [6.07, 6.45) is 0.143. The van der Waals surface area contributed by atoms with Gasteiger partial charge in [0.1, 0.15) is 5.75 Å². The molecule has 0 saturated heterocycles. The minimum atomic E-state index is -0.936. The number of aryl methyl sites for hydroxylation is 1. The lowest BCUT2D eigenvalue weighted by Crippen LogP contribution is -2.14. The first-order chi connectivity index (χ1) is 8.06. The number of H-pyrrole nitrogens is 1. The Labute approximate surface area is 95.6 Å². The first-order valence-electron chi connectivity index (χ1n) is 5.00. The number of nitrogens with zero attached hydrogens (tertiary/aromatic N) is 1. The molecule has 1 aromatic carbocycles. The number of aromatic amines is 1. The van der Waals surface area contributed by atoms with Crippen LogP contribution in [0.3, 0.4) is 0 Å². The maximum Gasteiger partial charge on any atom is 0.345 e. The molecule has 3 N–H and O–H groups in total. The predicted octanol–water partition coefficient (Wildman–Crippen LogP) is 0.646. The minimum Gasteiger partial charge on any atom is -0.508 e. The van der Waals surface area contributed by atoms with Gasteiger partial charge in [0.2, 0.25) is 0 Å². The van der Waals surface area contributed by atoms with E-state index in [4.69, 9.17) is 5.11 Å². The Bertz CT molecular complexity index is 633. The molecule has 0 aliphatic heterocycles. The third-order valence-electron chi connectivity index (χ3n) is 2.38. The fourth-order valence-electron chi connectivity index (χ4n) is 1.63. The number of rotatable bonds is 3. The summed E-state index contributed by atoms with van der Waals surface area (Å²) in [6.45, 7) is 0. The molecular weight excluding hydrogens is 224 g/mol. The van der Waals surface area contributed by atoms with E-state index in [0.717, 1.165) is 0 Å². The maximum absolute atomic E-state index is 11.3. The van der Waals surface area contributed by atoms with E-state index in [0.29, 0.717) is 16.6 Å². The molecule has 0 fully saturated rings. The lowest BCUT2D eigenvalue weighted by atomic mass is 10.1. The molecule has 1 heterocycles. The largest absolute Gasteiger partial charge is 0.508 e. The van der Waals surface area contributed by atoms with E-state index in [9.17, 15) is 14.7 Å². The number of aromatic nitrogens is 2. The number of carboxylic acid groups (broad SMARTS) is 1. The molecule has 0 amide bonds. The van der Waals surface area contributed by atoms with Crippen LogP contribution in [-0.4, -0.2) is 26.2 Å². The smallest absolute Gasteiger partial charge is 0.345 e. The summed E-state index contributed by atoms with van der Waals surface area (Å²) < 4.78 is 0. The molecule has 2 rings (SSSR count). The summed E-state index contributed by atoms with van der Waals surface area (Å²) in [4.78, 5) is 28.0. The lowest BCUT2D eigenvalue weighted by Gasteiger charge is -2.04. The molecule has 0 atom stereocenters. The molecule has 6 nitrogen and oxygen atoms in total. The van der Waals surface area contributed by atoms with Crippen LogP contribution in [0.2, 0.25) is 0 Å². The SMILES string of the molecule is O=C(O)CCc1[nH]c(=O)nc2cc(O)ccc12. The Morgan fingerprint density at radius 2 is 2.18 bits per heavy atom. The molecule has 2 aromatic rings. The zero-order chi connectivity index (χ0) is 12.4. The van der Waals surface area contributed by atoms with Crippen molar-refractivity contribution in [2.75, 3.05) is 0 Å². The number of aromatic hydroxyl groups is 1. The highest BCUT2D eigenvalue weighted by Gasteiger charge is 2.07. The molecule has 0 bridgehead atoms. The van der Waals surface area contributed by atoms with Crippen molar-refractivity contribution in [1.82, 2.24) is 9.97 Å². The number of hydrogen-bond acceptors (Lipinski definition) is 4. The quantitative estimate of drug-likeness (QED) is 0.723. The lowest BCUT2D eigenvalue weighted by molar-refractivity contribution is -0.136. The molecule has 0 radical (unpaired) electrons. The number of benzene rings is 1. The summed E-state index contributed by atoms with van der Waals surface area (Å²) in [5.41, 5.74) is 0.319. The van der Waals surface area contributed by atoms with Crippen LogP contribution in [0, 0.1) is 0 Å². The van der Waals surface area contributed by atoms with Crippen molar-refractivity contribution >= 4 is 16.9 Å². The zero-order valence-corrected chi connectivity index (χ0v) is 8.80. The summed E-state index contributed by atoms with van der Waals surface area (Å²) in [5, 5.41) is 18.5. The van der Waals surface area contributed by atoms with Gasteiger partial charge < -0.3 is 15.2 Å². The topological polar surface area (TPSA) is 103 Å². The Balaban J connectivity index is 2.53. The van der Waals surface area contributed by atoms with Gasteiger partial charge in [-0.1, -0.05) is 0 Å². The maximum atomic E-state index is 11.3. The van der Waals surface area contributed by atoms with E-state index in [2.05, 4.69) is 9.97 Å². The molecule has 0 saturated carbocycles. The van der Waals surface area contributed by atoms with Crippen molar-refractivity contribution in [3.8, 4) is 5.75 Å². The Kier molecular flexibility index (Phi) is 2.78. The second-order valence-electron chi connectivity index (χ2n) is 3.62. The number of nitrogens with one attached hydrogen (secondary N) is 1. The molecule has 0 spiro atoms. The normalized spacial score (nSPS) is 10.6. The highest BCUT2D eigenvalue weighted by atomic mass is 16.4. The Hall–Kier alpha value is -2.37. The summed E-state index contributed by atoms with van der Waals surface area (Å²) >= 11 is 0. The molecule has 6 heteroatoms. The van der Waals surface area contributed by atoms with Crippen LogP contribution in [0.15, 0.2) is 23.0 Å². The molecule has 17 heavy (non-hydrogen) atoms. The van der Waals surface area contributed by atoms with Gasteiger partial charge in [-0.25, -0.2) is 4.79 Å². The van der Waals surface area contributed by atoms with E-state index in [-0.39, 0.29) is 18.6 Å². The second kappa shape index (κ2) is 4.25. The summed E-state index contributed by atoms with van der Waals surface area (Å²) in [5.74, 6) is -0.922. The van der Waals surface area contributed by atoms with Gasteiger partial charge in [-0.3, -0.25) is 4.79 Å². The number of hydrogen-bond donors (Lipinski definition) is 3. The van der Waals surface area contributed by atoms with Crippen LogP contribution in [-0.2, 0) is 11.2 Å². The number of aliphatic carboxylic acids is 1. The number of fused-ring (bicyclic) bond motifs is 1. The average molecular weight is 234 g/mol. The summed E-state index contributed by atoms with van der Waals surface area (Å²) in [6, 6.07) is 4.44. The van der Waals surface area contributed by atoms with E-state index in [1.54, 1.807) is 6.07 Å². The van der Waals surface area contributed by atoms with Gasteiger partial charge in [0.25, 0.3) is 0 Å². The van der Waals surface area contributed by atoms with E-state index in [1.165, 1.54) is 12.1 Å². The van der Waals surface area contributed by atoms with Crippen LogP contribution >= 0.6 is 0 Å². The molecule has 0 unspecified atom stereocenters. The van der Waals surface area contributed by atoms with Gasteiger partial charge in [-0.15, -0.1) is 0 Å². The first-order valence-corrected chi connectivity index (χ1v) is 5.00. The summed E-state index contributed by atoms with van der Waals surface area (Å²) in [7, 11) is 0. The fraction of sp³-hybridized carbons (Fsp3) is 0.182. The minimum absolute atomic E-state index is 0.0137. The Morgan fingerprint density at radius 3 is 2.88 bits per heavy atom. The average Bonchev–Trinajstić information content (AvgIpc) is 2.24. The monoisotopic (exact) mass is 234 g/mol. The van der Waals surface area contributed by atoms with E-state index < -0.39 is 11.7 Å². The zero-order valence-electron chi connectivity index (χ0n) is 8.80. The van der Waals surface area contributed by atoms with Gasteiger partial charge in [-0.2, -0.15) is 4.98 Å². The van der Waals surface area contributed by atoms with Crippen molar-refractivity contribution < 1.29 is 15.0 Å². The van der Waals surface area contributed by atoms with Crippen molar-refractivity contribution in [2.24, 2.45) is 0 Å². The Morgan fingerprint density at radius 1 is 1.41 bits per heavy atom. The van der Waals surface area contributed by atoms with Gasteiger partial charge in [-0.05, 0) is 18.6 Å². The van der Waals surface area contributed by atoms with E-state index in [1.807, 2.05) is 0 Å². The van der Waals surface area contributed by atoms with Crippen LogP contribution in [0.1, 0.15) is 12.1 Å². The molecule has 1 aromatic heterocycles. The van der Waals surface area contributed by atoms with Crippen LogP contribution in [0.4, 0.5) is 0 Å². The second-order valence-corrected chi connectivity index (χ2v) is 3.62. The van der Waals surface area contributed by atoms with Crippen molar-refractivity contribution in [2.45, 2.75) is 12.8 Å². The number of phenols is 1. The van der Waals surface area contributed by atoms with Gasteiger partial charge >= 0.3 is 11.7 Å². The predicted molar refractivity (Wildman–Crippen MR) is 60.0 cm³/mol. The highest BCUT2D eigenvalue weighted by Crippen LogP contribution is 2.19. The van der Waals surface area contributed by atoms with Crippen molar-refractivity contribution in [3.05, 3.63) is 34.4 Å². The van der Waals surface area contributed by atoms with Crippen molar-refractivity contribution in [3.63, 3.8) is 0 Å². The van der Waals surface area contributed by atoms with Crippen LogP contribution < -0.4 is 5.69 Å². The first kappa shape index (κ1) is 11.1. The number of phenolic OH excluding ortho intramolecular Hbond substituents is 1. The van der Waals surface area contributed by atoms with Gasteiger partial charge in [0.15, 0.2) is 0 Å². The molecule has 0 aliphatic carbocycles. The van der Waals surface area contributed by atoms with Crippen LogP contribution in [0.25, 0.3) is 10.9 Å². The number of carbonyl (C=O) groups is 1. The standard InChI is InChI=1S/C11H10N2O4/c14-6-1-2-7-8(3-4-10(15)16)12-11(17)13-9(7)5-6/h1-2,5,14H,3-4H2,(H,15,16)(H,12,13,17). The van der Waals surface area contributed by atoms with Crippen LogP contribution in [0.5, 0.6) is 5.75 Å². The molecule has 0 aliphatic rings. The van der Waals surface area contributed by atoms with Crippen molar-refractivity contribution in [1.29, 1.82) is 0 Å². The third kappa shape index (κ3) is 2.41.